The van der Waals surface area contributed by atoms with Crippen molar-refractivity contribution in [3.63, 3.8) is 0 Å². The van der Waals surface area contributed by atoms with Crippen LogP contribution in [-0.2, 0) is 11.8 Å². The van der Waals surface area contributed by atoms with Crippen molar-refractivity contribution in [3.8, 4) is 11.6 Å². The van der Waals surface area contributed by atoms with Crippen LogP contribution in [0.4, 0.5) is 0 Å². The van der Waals surface area contributed by atoms with E-state index in [0.717, 1.165) is 4.68 Å². The summed E-state index contributed by atoms with van der Waals surface area (Å²) in [6.45, 7) is 1.25. The number of rotatable bonds is 2. The van der Waals surface area contributed by atoms with Gasteiger partial charge in [0.25, 0.3) is 11.1 Å². The van der Waals surface area contributed by atoms with Gasteiger partial charge in [0.15, 0.2) is 11.6 Å². The van der Waals surface area contributed by atoms with E-state index < -0.39 is 11.5 Å². The maximum Gasteiger partial charge on any atom is 0.280 e. The van der Waals surface area contributed by atoms with Crippen LogP contribution in [-0.4, -0.2) is 25.1 Å². The van der Waals surface area contributed by atoms with E-state index in [-0.39, 0.29) is 38.2 Å². The lowest BCUT2D eigenvalue weighted by atomic mass is 10.2. The van der Waals surface area contributed by atoms with Gasteiger partial charge >= 0.3 is 0 Å². The molecular formula is C19H13Cl2N5O3. The molecule has 8 nitrogen and oxygen atoms in total. The standard InChI is InChI=1S/C19H13Cl2N5O3/c1-9(27)24-26-17(23-15-12(19(26)29)7-10(20)8-13(15)21)16-22-14-6-4-3-5-11(14)18(28)25(16)2/h3-8H,1-2H3,(H,24,27). The van der Waals surface area contributed by atoms with E-state index in [1.165, 1.54) is 30.7 Å². The number of amides is 1. The predicted octanol–water partition coefficient (Wildman–Crippen LogP) is 2.71. The molecule has 0 fully saturated rings. The molecule has 1 N–H and O–H groups in total. The van der Waals surface area contributed by atoms with Crippen LogP contribution in [0.1, 0.15) is 6.92 Å². The molecule has 0 atom stereocenters. The highest BCUT2D eigenvalue weighted by Crippen LogP contribution is 2.26. The lowest BCUT2D eigenvalue weighted by molar-refractivity contribution is -0.115. The number of nitrogens with zero attached hydrogens (tertiary/aromatic N) is 4. The van der Waals surface area contributed by atoms with E-state index in [2.05, 4.69) is 15.4 Å². The highest BCUT2D eigenvalue weighted by molar-refractivity contribution is 6.38. The Morgan fingerprint density at radius 1 is 1.00 bits per heavy atom. The first-order chi connectivity index (χ1) is 13.8. The van der Waals surface area contributed by atoms with Crippen molar-refractivity contribution >= 4 is 50.9 Å². The van der Waals surface area contributed by atoms with E-state index in [9.17, 15) is 14.4 Å². The van der Waals surface area contributed by atoms with E-state index in [1.807, 2.05) is 0 Å². The van der Waals surface area contributed by atoms with Gasteiger partial charge in [0.05, 0.1) is 26.8 Å². The fourth-order valence-corrected chi connectivity index (χ4v) is 3.58. The average Bonchev–Trinajstić information content (AvgIpc) is 2.67. The summed E-state index contributed by atoms with van der Waals surface area (Å²) < 4.78 is 2.20. The molecule has 146 valence electrons. The minimum atomic E-state index is -0.605. The number of benzene rings is 2. The van der Waals surface area contributed by atoms with Crippen molar-refractivity contribution in [2.24, 2.45) is 7.05 Å². The SMILES string of the molecule is CC(=O)Nn1c(-c2nc3ccccc3c(=O)n2C)nc2c(Cl)cc(Cl)cc2c1=O. The fourth-order valence-electron chi connectivity index (χ4n) is 3.04. The Morgan fingerprint density at radius 3 is 2.45 bits per heavy atom. The molecule has 0 saturated carbocycles. The van der Waals surface area contributed by atoms with Gasteiger partial charge in [0.1, 0.15) is 0 Å². The van der Waals surface area contributed by atoms with Crippen LogP contribution in [0, 0.1) is 0 Å². The maximum atomic E-state index is 13.1. The summed E-state index contributed by atoms with van der Waals surface area (Å²) in [5.41, 5.74) is 2.11. The molecule has 0 unspecified atom stereocenters. The Balaban J connectivity index is 2.17. The Bertz CT molecular complexity index is 1440. The first-order valence-electron chi connectivity index (χ1n) is 8.43. The second-order valence-corrected chi connectivity index (χ2v) is 7.19. The highest BCUT2D eigenvalue weighted by Gasteiger charge is 2.20. The van der Waals surface area contributed by atoms with Gasteiger partial charge in [0, 0.05) is 19.0 Å². The number of carbonyl (C=O) groups excluding carboxylic acids is 1. The van der Waals surface area contributed by atoms with Gasteiger partial charge in [-0.05, 0) is 24.3 Å². The number of halogens is 2. The van der Waals surface area contributed by atoms with Gasteiger partial charge in [-0.2, -0.15) is 4.68 Å². The number of nitrogens with one attached hydrogen (secondary N) is 1. The molecule has 10 heteroatoms. The molecular weight excluding hydrogens is 417 g/mol. The highest BCUT2D eigenvalue weighted by atomic mass is 35.5. The Labute approximate surface area is 173 Å². The quantitative estimate of drug-likeness (QED) is 0.527. The van der Waals surface area contributed by atoms with Crippen molar-refractivity contribution in [1.82, 2.24) is 19.2 Å². The van der Waals surface area contributed by atoms with Gasteiger partial charge < -0.3 is 0 Å². The van der Waals surface area contributed by atoms with Crippen molar-refractivity contribution in [2.45, 2.75) is 6.92 Å². The molecule has 2 aromatic carbocycles. The van der Waals surface area contributed by atoms with Crippen LogP contribution < -0.4 is 16.5 Å². The minimum Gasteiger partial charge on any atom is -0.293 e. The molecule has 0 aliphatic heterocycles. The van der Waals surface area contributed by atoms with Crippen molar-refractivity contribution in [1.29, 1.82) is 0 Å². The van der Waals surface area contributed by atoms with Crippen LogP contribution in [0.2, 0.25) is 10.0 Å². The van der Waals surface area contributed by atoms with Gasteiger partial charge in [0.2, 0.25) is 5.91 Å². The molecule has 0 aliphatic carbocycles. The summed E-state index contributed by atoms with van der Waals surface area (Å²) >= 11 is 12.3. The van der Waals surface area contributed by atoms with Crippen molar-refractivity contribution in [3.05, 3.63) is 67.2 Å². The lowest BCUT2D eigenvalue weighted by Crippen LogP contribution is -2.35. The molecule has 4 rings (SSSR count). The van der Waals surface area contributed by atoms with Crippen LogP contribution in [0.25, 0.3) is 33.5 Å². The van der Waals surface area contributed by atoms with Crippen LogP contribution in [0.15, 0.2) is 46.0 Å². The normalized spacial score (nSPS) is 11.2. The molecule has 0 saturated heterocycles. The van der Waals surface area contributed by atoms with Gasteiger partial charge in [-0.3, -0.25) is 24.4 Å². The number of fused-ring (bicyclic) bond motifs is 2. The minimum absolute atomic E-state index is 0.0349. The molecule has 1 amide bonds. The van der Waals surface area contributed by atoms with Crippen LogP contribution in [0.3, 0.4) is 0 Å². The summed E-state index contributed by atoms with van der Waals surface area (Å²) in [5, 5.41) is 0.940. The summed E-state index contributed by atoms with van der Waals surface area (Å²) in [5.74, 6) is -0.451. The fraction of sp³-hybridized carbons (Fsp3) is 0.105. The zero-order chi connectivity index (χ0) is 20.9. The molecule has 29 heavy (non-hydrogen) atoms. The second kappa shape index (κ2) is 6.98. The lowest BCUT2D eigenvalue weighted by Gasteiger charge is -2.16. The van der Waals surface area contributed by atoms with E-state index in [1.54, 1.807) is 24.3 Å². The van der Waals surface area contributed by atoms with Crippen LogP contribution >= 0.6 is 23.2 Å². The van der Waals surface area contributed by atoms with E-state index >= 15 is 0 Å². The molecule has 0 radical (unpaired) electrons. The van der Waals surface area contributed by atoms with Crippen LogP contribution in [0.5, 0.6) is 0 Å². The van der Waals surface area contributed by atoms with Crippen molar-refractivity contribution < 1.29 is 4.79 Å². The summed E-state index contributed by atoms with van der Waals surface area (Å²) in [7, 11) is 1.51. The third kappa shape index (κ3) is 3.16. The Kier molecular flexibility index (Phi) is 4.60. The average molecular weight is 430 g/mol. The monoisotopic (exact) mass is 429 g/mol. The van der Waals surface area contributed by atoms with E-state index in [4.69, 9.17) is 23.2 Å². The molecule has 2 heterocycles. The zero-order valence-electron chi connectivity index (χ0n) is 15.2. The molecule has 2 aromatic heterocycles. The molecule has 0 spiro atoms. The van der Waals surface area contributed by atoms with Gasteiger partial charge in [-0.15, -0.1) is 0 Å². The Hall–Kier alpha value is -3.23. The maximum absolute atomic E-state index is 13.1. The van der Waals surface area contributed by atoms with Gasteiger partial charge in [-0.1, -0.05) is 35.3 Å². The van der Waals surface area contributed by atoms with Gasteiger partial charge in [-0.25, -0.2) is 9.97 Å². The largest absolute Gasteiger partial charge is 0.293 e. The summed E-state index contributed by atoms with van der Waals surface area (Å²) in [4.78, 5) is 46.6. The predicted molar refractivity (Wildman–Crippen MR) is 112 cm³/mol. The van der Waals surface area contributed by atoms with E-state index in [0.29, 0.717) is 10.9 Å². The summed E-state index contributed by atoms with van der Waals surface area (Å²) in [6.07, 6.45) is 0. The molecule has 0 aliphatic rings. The second-order valence-electron chi connectivity index (χ2n) is 6.34. The first-order valence-corrected chi connectivity index (χ1v) is 9.19. The molecule has 0 bridgehead atoms. The Morgan fingerprint density at radius 2 is 1.72 bits per heavy atom. The summed E-state index contributed by atoms with van der Waals surface area (Å²) in [6, 6.07) is 9.67. The molecule has 4 aromatic rings. The number of hydrogen-bond donors (Lipinski definition) is 1. The topological polar surface area (TPSA) is 98.9 Å². The third-order valence-corrected chi connectivity index (χ3v) is 4.85. The number of carbonyl (C=O) groups is 1. The van der Waals surface area contributed by atoms with Crippen molar-refractivity contribution in [2.75, 3.05) is 5.43 Å². The zero-order valence-corrected chi connectivity index (χ0v) is 16.7. The number of aromatic nitrogens is 4. The number of para-hydroxylation sites is 1. The number of hydrogen-bond acceptors (Lipinski definition) is 5. The first kappa shape index (κ1) is 19.1. The smallest absolute Gasteiger partial charge is 0.280 e. The third-order valence-electron chi connectivity index (χ3n) is 4.34.